The summed E-state index contributed by atoms with van der Waals surface area (Å²) in [4.78, 5) is 0. The van der Waals surface area contributed by atoms with Gasteiger partial charge in [-0.15, -0.1) is 5.10 Å². The summed E-state index contributed by atoms with van der Waals surface area (Å²) in [6.07, 6.45) is 1.48. The van der Waals surface area contributed by atoms with E-state index in [2.05, 4.69) is 23.0 Å². The van der Waals surface area contributed by atoms with Crippen molar-refractivity contribution in [2.75, 3.05) is 12.1 Å². The average Bonchev–Trinajstić information content (AvgIpc) is 2.78. The standard InChI is InChI=1S/C23H20FN5O/c1-26-27-16-28(2)29(15-17-8-11-23(30)22(24)12-17)20-10-9-19(14-25)21(13-20)18-6-4-3-5-7-18/h3-13,16,30H,1,15H2,2H3. The predicted octanol–water partition coefficient (Wildman–Crippen LogP) is 4.57. The molecule has 0 fully saturated rings. The van der Waals surface area contributed by atoms with Gasteiger partial charge < -0.3 is 5.11 Å². The lowest BCUT2D eigenvalue weighted by atomic mass is 9.99. The van der Waals surface area contributed by atoms with E-state index in [9.17, 15) is 14.8 Å². The Labute approximate surface area is 174 Å². The Kier molecular flexibility index (Phi) is 6.40. The Bertz CT molecular complexity index is 1110. The Morgan fingerprint density at radius 3 is 2.57 bits per heavy atom. The minimum atomic E-state index is -0.693. The third-order valence-electron chi connectivity index (χ3n) is 4.53. The molecule has 0 spiro atoms. The second-order valence-electron chi connectivity index (χ2n) is 6.50. The largest absolute Gasteiger partial charge is 0.505 e. The van der Waals surface area contributed by atoms with Crippen LogP contribution in [-0.4, -0.2) is 30.2 Å². The van der Waals surface area contributed by atoms with Crippen LogP contribution in [0.15, 0.2) is 76.9 Å². The summed E-state index contributed by atoms with van der Waals surface area (Å²) < 4.78 is 13.9. The molecule has 1 N–H and O–H groups in total. The van der Waals surface area contributed by atoms with Gasteiger partial charge in [-0.1, -0.05) is 36.4 Å². The molecule has 30 heavy (non-hydrogen) atoms. The van der Waals surface area contributed by atoms with Crippen LogP contribution in [0.4, 0.5) is 10.1 Å². The van der Waals surface area contributed by atoms with Crippen LogP contribution in [0.3, 0.4) is 0 Å². The molecule has 0 atom stereocenters. The highest BCUT2D eigenvalue weighted by molar-refractivity contribution is 5.75. The van der Waals surface area contributed by atoms with E-state index in [0.29, 0.717) is 11.1 Å². The summed E-state index contributed by atoms with van der Waals surface area (Å²) in [5, 5.41) is 29.9. The van der Waals surface area contributed by atoms with Crippen molar-refractivity contribution in [2.24, 2.45) is 10.2 Å². The van der Waals surface area contributed by atoms with Gasteiger partial charge in [0.05, 0.1) is 23.9 Å². The molecule has 3 aromatic rings. The van der Waals surface area contributed by atoms with Crippen LogP contribution in [-0.2, 0) is 6.54 Å². The maximum Gasteiger partial charge on any atom is 0.165 e. The molecule has 0 saturated carbocycles. The van der Waals surface area contributed by atoms with Gasteiger partial charge in [-0.25, -0.2) is 4.39 Å². The summed E-state index contributed by atoms with van der Waals surface area (Å²) in [5.41, 5.74) is 3.65. The van der Waals surface area contributed by atoms with Gasteiger partial charge in [0.15, 0.2) is 11.6 Å². The van der Waals surface area contributed by atoms with Crippen molar-refractivity contribution in [3.8, 4) is 22.9 Å². The fraction of sp³-hybridized carbons (Fsp3) is 0.0870. The number of hydrogen-bond donors (Lipinski definition) is 1. The van der Waals surface area contributed by atoms with Crippen LogP contribution < -0.4 is 5.01 Å². The number of halogens is 1. The van der Waals surface area contributed by atoms with Crippen LogP contribution in [0, 0.1) is 17.1 Å². The molecular formula is C23H20FN5O. The van der Waals surface area contributed by atoms with E-state index in [1.165, 1.54) is 18.5 Å². The van der Waals surface area contributed by atoms with E-state index < -0.39 is 11.6 Å². The summed E-state index contributed by atoms with van der Waals surface area (Å²) >= 11 is 0. The Hall–Kier alpha value is -4.18. The summed E-state index contributed by atoms with van der Waals surface area (Å²) in [7, 11) is 1.77. The van der Waals surface area contributed by atoms with E-state index in [1.807, 2.05) is 47.5 Å². The Morgan fingerprint density at radius 2 is 1.90 bits per heavy atom. The number of hydrogen-bond acceptors (Lipinski definition) is 5. The molecule has 0 bridgehead atoms. The van der Waals surface area contributed by atoms with Crippen LogP contribution in [0.5, 0.6) is 5.75 Å². The first kappa shape index (κ1) is 20.6. The van der Waals surface area contributed by atoms with Gasteiger partial charge in [0.2, 0.25) is 0 Å². The maximum atomic E-state index is 13.9. The third kappa shape index (κ3) is 4.62. The molecule has 150 valence electrons. The maximum absolute atomic E-state index is 13.9. The van der Waals surface area contributed by atoms with Gasteiger partial charge in [0.1, 0.15) is 6.34 Å². The molecule has 0 amide bonds. The first-order chi connectivity index (χ1) is 14.5. The molecule has 0 aliphatic rings. The number of rotatable bonds is 7. The number of benzene rings is 3. The topological polar surface area (TPSA) is 75.2 Å². The van der Waals surface area contributed by atoms with Gasteiger partial charge >= 0.3 is 0 Å². The van der Waals surface area contributed by atoms with Crippen LogP contribution in [0.25, 0.3) is 11.1 Å². The molecule has 0 aromatic heterocycles. The minimum absolute atomic E-state index is 0.289. The molecule has 0 aliphatic carbocycles. The molecule has 3 rings (SSSR count). The number of hydrazine groups is 1. The highest BCUT2D eigenvalue weighted by Crippen LogP contribution is 2.30. The molecule has 6 nitrogen and oxygen atoms in total. The van der Waals surface area contributed by atoms with Gasteiger partial charge in [-0.05, 0) is 41.5 Å². The average molecular weight is 401 g/mol. The molecule has 7 heteroatoms. The SMILES string of the molecule is C=NN=CN(C)N(Cc1ccc(O)c(F)c1)c1ccc(C#N)c(-c2ccccc2)c1. The summed E-state index contributed by atoms with van der Waals surface area (Å²) in [5.74, 6) is -1.10. The molecule has 0 aliphatic heterocycles. The van der Waals surface area contributed by atoms with Gasteiger partial charge in [-0.2, -0.15) is 10.4 Å². The van der Waals surface area contributed by atoms with Crippen LogP contribution in [0.1, 0.15) is 11.1 Å². The van der Waals surface area contributed by atoms with Crippen molar-refractivity contribution < 1.29 is 9.50 Å². The highest BCUT2D eigenvalue weighted by Gasteiger charge is 2.15. The number of phenolic OH excluding ortho intramolecular Hbond substituents is 1. The normalized spacial score (nSPS) is 10.6. The number of nitrogens with zero attached hydrogens (tertiary/aromatic N) is 5. The molecule has 3 aromatic carbocycles. The monoisotopic (exact) mass is 401 g/mol. The predicted molar refractivity (Wildman–Crippen MR) is 117 cm³/mol. The minimum Gasteiger partial charge on any atom is -0.505 e. The zero-order valence-corrected chi connectivity index (χ0v) is 16.4. The molecule has 0 saturated heterocycles. The highest BCUT2D eigenvalue weighted by atomic mass is 19.1. The number of nitriles is 1. The van der Waals surface area contributed by atoms with Crippen LogP contribution in [0.2, 0.25) is 0 Å². The van der Waals surface area contributed by atoms with Crippen LogP contribution >= 0.6 is 0 Å². The molecular weight excluding hydrogens is 381 g/mol. The third-order valence-corrected chi connectivity index (χ3v) is 4.53. The molecule has 0 unspecified atom stereocenters. The van der Waals surface area contributed by atoms with Gasteiger partial charge in [0.25, 0.3) is 0 Å². The van der Waals surface area contributed by atoms with E-state index in [4.69, 9.17) is 0 Å². The lowest BCUT2D eigenvalue weighted by Gasteiger charge is -2.32. The van der Waals surface area contributed by atoms with Gasteiger partial charge in [-0.3, -0.25) is 10.0 Å². The second-order valence-corrected chi connectivity index (χ2v) is 6.50. The van der Waals surface area contributed by atoms with E-state index in [1.54, 1.807) is 24.2 Å². The van der Waals surface area contributed by atoms with Crippen molar-refractivity contribution in [3.63, 3.8) is 0 Å². The summed E-state index contributed by atoms with van der Waals surface area (Å²) in [6.45, 7) is 3.63. The van der Waals surface area contributed by atoms with E-state index >= 15 is 0 Å². The second kappa shape index (κ2) is 9.34. The van der Waals surface area contributed by atoms with Crippen molar-refractivity contribution in [3.05, 3.63) is 83.7 Å². The Morgan fingerprint density at radius 1 is 1.13 bits per heavy atom. The quantitative estimate of drug-likeness (QED) is 0.358. The zero-order chi connectivity index (χ0) is 21.5. The number of anilines is 1. The summed E-state index contributed by atoms with van der Waals surface area (Å²) in [6, 6.07) is 21.5. The molecule has 0 radical (unpaired) electrons. The fourth-order valence-electron chi connectivity index (χ4n) is 3.03. The molecule has 0 heterocycles. The lowest BCUT2D eigenvalue weighted by Crippen LogP contribution is -2.38. The lowest BCUT2D eigenvalue weighted by molar-refractivity contribution is 0.429. The van der Waals surface area contributed by atoms with Gasteiger partial charge in [0, 0.05) is 19.3 Å². The number of phenols is 1. The van der Waals surface area contributed by atoms with Crippen molar-refractivity contribution in [1.82, 2.24) is 5.01 Å². The van der Waals surface area contributed by atoms with Crippen molar-refractivity contribution in [2.45, 2.75) is 6.54 Å². The van der Waals surface area contributed by atoms with Crippen molar-refractivity contribution >= 4 is 18.7 Å². The van der Waals surface area contributed by atoms with Crippen molar-refractivity contribution in [1.29, 1.82) is 5.26 Å². The number of aromatic hydroxyl groups is 1. The first-order valence-corrected chi connectivity index (χ1v) is 9.10. The first-order valence-electron chi connectivity index (χ1n) is 9.10. The smallest absolute Gasteiger partial charge is 0.165 e. The zero-order valence-electron chi connectivity index (χ0n) is 16.4. The van der Waals surface area contributed by atoms with E-state index in [0.717, 1.165) is 16.8 Å². The Balaban J connectivity index is 2.06. The van der Waals surface area contributed by atoms with E-state index in [-0.39, 0.29) is 6.54 Å². The fourth-order valence-corrected chi connectivity index (χ4v) is 3.03.